The van der Waals surface area contributed by atoms with E-state index in [1.54, 1.807) is 25.1 Å². The Labute approximate surface area is 152 Å². The van der Waals surface area contributed by atoms with Gasteiger partial charge in [-0.05, 0) is 43.3 Å². The van der Waals surface area contributed by atoms with Crippen LogP contribution in [0.3, 0.4) is 0 Å². The monoisotopic (exact) mass is 380 g/mol. The maximum absolute atomic E-state index is 12.6. The number of methoxy groups -OCH3 is 2. The summed E-state index contributed by atoms with van der Waals surface area (Å²) in [6, 6.07) is 10.4. The molecule has 1 unspecified atom stereocenters. The van der Waals surface area contributed by atoms with E-state index in [9.17, 15) is 8.42 Å². The molecule has 1 N–H and O–H groups in total. The summed E-state index contributed by atoms with van der Waals surface area (Å²) in [5.74, 6) is 1.12. The molecule has 2 aromatic carbocycles. The second kappa shape index (κ2) is 7.74. The largest absolute Gasteiger partial charge is 0.497 e. The molecule has 132 valence electrons. The minimum absolute atomic E-state index is 0.0397. The van der Waals surface area contributed by atoms with Crippen molar-refractivity contribution in [2.75, 3.05) is 14.2 Å². The molecule has 0 aliphatic heterocycles. The lowest BCUT2D eigenvalue weighted by Gasteiger charge is -2.18. The molecule has 25 heavy (non-hydrogen) atoms. The van der Waals surface area contributed by atoms with Gasteiger partial charge in [-0.1, -0.05) is 11.6 Å². The Morgan fingerprint density at radius 3 is 2.48 bits per heavy atom. The van der Waals surface area contributed by atoms with Crippen LogP contribution in [0.25, 0.3) is 0 Å². The molecule has 0 radical (unpaired) electrons. The van der Waals surface area contributed by atoms with Crippen LogP contribution in [0.2, 0.25) is 5.02 Å². The Morgan fingerprint density at radius 1 is 1.16 bits per heavy atom. The number of ether oxygens (including phenoxy) is 2. The fraction of sp³-hybridized carbons (Fsp3) is 0.235. The van der Waals surface area contributed by atoms with Crippen molar-refractivity contribution in [3.63, 3.8) is 0 Å². The lowest BCUT2D eigenvalue weighted by Crippen LogP contribution is -2.27. The van der Waals surface area contributed by atoms with E-state index < -0.39 is 16.1 Å². The molecule has 0 saturated carbocycles. The molecular weight excluding hydrogens is 364 g/mol. The molecule has 2 rings (SSSR count). The van der Waals surface area contributed by atoms with Gasteiger partial charge in [0.2, 0.25) is 10.0 Å². The van der Waals surface area contributed by atoms with Crippen molar-refractivity contribution in [1.29, 1.82) is 5.26 Å². The van der Waals surface area contributed by atoms with Gasteiger partial charge in [-0.25, -0.2) is 13.1 Å². The Hall–Kier alpha value is -2.27. The van der Waals surface area contributed by atoms with Crippen LogP contribution in [0.4, 0.5) is 0 Å². The zero-order valence-electron chi connectivity index (χ0n) is 13.9. The summed E-state index contributed by atoms with van der Waals surface area (Å²) in [6.07, 6.45) is 0. The Bertz CT molecular complexity index is 923. The third kappa shape index (κ3) is 4.23. The first-order chi connectivity index (χ1) is 11.8. The molecule has 2 aromatic rings. The van der Waals surface area contributed by atoms with Crippen molar-refractivity contribution in [2.45, 2.75) is 17.9 Å². The second-order valence-electron chi connectivity index (χ2n) is 5.20. The quantitative estimate of drug-likeness (QED) is 0.830. The summed E-state index contributed by atoms with van der Waals surface area (Å²) in [6.45, 7) is 1.69. The van der Waals surface area contributed by atoms with Crippen LogP contribution < -0.4 is 14.2 Å². The number of nitriles is 1. The van der Waals surface area contributed by atoms with Crippen molar-refractivity contribution >= 4 is 21.6 Å². The van der Waals surface area contributed by atoms with Gasteiger partial charge in [0.25, 0.3) is 0 Å². The van der Waals surface area contributed by atoms with E-state index in [-0.39, 0.29) is 15.5 Å². The molecule has 0 aliphatic carbocycles. The average molecular weight is 381 g/mol. The van der Waals surface area contributed by atoms with E-state index in [2.05, 4.69) is 4.72 Å². The maximum atomic E-state index is 12.6. The number of nitrogens with zero attached hydrogens (tertiary/aromatic N) is 1. The Morgan fingerprint density at radius 2 is 1.88 bits per heavy atom. The lowest BCUT2D eigenvalue weighted by atomic mass is 10.1. The standard InChI is InChI=1S/C17H17ClN2O4S/c1-11(15-9-13(23-2)4-7-17(15)24-3)20-25(21,22)14-5-6-16(18)12(8-14)10-19/h4-9,11,20H,1-3H3. The number of sulfonamides is 1. The van der Waals surface area contributed by atoms with Gasteiger partial charge in [0.1, 0.15) is 17.6 Å². The molecule has 0 amide bonds. The highest BCUT2D eigenvalue weighted by molar-refractivity contribution is 7.89. The van der Waals surface area contributed by atoms with Crippen LogP contribution >= 0.6 is 11.6 Å². The van der Waals surface area contributed by atoms with E-state index in [1.165, 1.54) is 32.4 Å². The van der Waals surface area contributed by atoms with Gasteiger partial charge >= 0.3 is 0 Å². The van der Waals surface area contributed by atoms with Crippen LogP contribution in [0.5, 0.6) is 11.5 Å². The Balaban J connectivity index is 2.36. The molecule has 0 bridgehead atoms. The zero-order chi connectivity index (χ0) is 18.6. The van der Waals surface area contributed by atoms with Crippen molar-refractivity contribution in [3.05, 3.63) is 52.5 Å². The fourth-order valence-corrected chi connectivity index (χ4v) is 3.71. The minimum atomic E-state index is -3.86. The van der Waals surface area contributed by atoms with E-state index in [1.807, 2.05) is 6.07 Å². The van der Waals surface area contributed by atoms with Gasteiger partial charge < -0.3 is 9.47 Å². The summed E-state index contributed by atoms with van der Waals surface area (Å²) in [5.41, 5.74) is 0.719. The second-order valence-corrected chi connectivity index (χ2v) is 7.33. The average Bonchev–Trinajstić information content (AvgIpc) is 2.60. The highest BCUT2D eigenvalue weighted by Crippen LogP contribution is 2.30. The fourth-order valence-electron chi connectivity index (χ4n) is 2.30. The van der Waals surface area contributed by atoms with Crippen LogP contribution in [-0.4, -0.2) is 22.6 Å². The molecule has 0 saturated heterocycles. The first-order valence-corrected chi connectivity index (χ1v) is 9.12. The first kappa shape index (κ1) is 19.1. The normalized spacial score (nSPS) is 12.3. The molecule has 6 nitrogen and oxygen atoms in total. The van der Waals surface area contributed by atoms with Gasteiger partial charge in [-0.3, -0.25) is 0 Å². The summed E-state index contributed by atoms with van der Waals surface area (Å²) in [7, 11) is -0.827. The molecule has 1 atom stereocenters. The van der Waals surface area contributed by atoms with E-state index >= 15 is 0 Å². The van der Waals surface area contributed by atoms with Gasteiger partial charge in [-0.15, -0.1) is 0 Å². The lowest BCUT2D eigenvalue weighted by molar-refractivity contribution is 0.395. The number of benzene rings is 2. The smallest absolute Gasteiger partial charge is 0.241 e. The number of nitrogens with one attached hydrogen (secondary N) is 1. The van der Waals surface area contributed by atoms with E-state index in [0.29, 0.717) is 17.1 Å². The van der Waals surface area contributed by atoms with Gasteiger partial charge in [0.15, 0.2) is 0 Å². The molecule has 0 fully saturated rings. The zero-order valence-corrected chi connectivity index (χ0v) is 15.5. The SMILES string of the molecule is COc1ccc(OC)c(C(C)NS(=O)(=O)c2ccc(Cl)c(C#N)c2)c1. The molecule has 0 heterocycles. The van der Waals surface area contributed by atoms with Crippen LogP contribution in [0.1, 0.15) is 24.1 Å². The first-order valence-electron chi connectivity index (χ1n) is 7.26. The number of halogens is 1. The summed E-state index contributed by atoms with van der Waals surface area (Å²) >= 11 is 5.85. The van der Waals surface area contributed by atoms with Gasteiger partial charge in [0.05, 0.1) is 29.7 Å². The minimum Gasteiger partial charge on any atom is -0.497 e. The van der Waals surface area contributed by atoms with Crippen molar-refractivity contribution in [2.24, 2.45) is 0 Å². The summed E-state index contributed by atoms with van der Waals surface area (Å²) in [4.78, 5) is -0.0397. The number of hydrogen-bond donors (Lipinski definition) is 1. The third-order valence-electron chi connectivity index (χ3n) is 3.60. The Kier molecular flexibility index (Phi) is 5.90. The molecule has 0 aliphatic rings. The van der Waals surface area contributed by atoms with Crippen LogP contribution in [-0.2, 0) is 10.0 Å². The van der Waals surface area contributed by atoms with Crippen molar-refractivity contribution in [1.82, 2.24) is 4.72 Å². The van der Waals surface area contributed by atoms with E-state index in [4.69, 9.17) is 26.3 Å². The summed E-state index contributed by atoms with van der Waals surface area (Å²) < 4.78 is 38.3. The van der Waals surface area contributed by atoms with Crippen molar-refractivity contribution < 1.29 is 17.9 Å². The molecule has 0 spiro atoms. The number of rotatable bonds is 6. The number of hydrogen-bond acceptors (Lipinski definition) is 5. The van der Waals surface area contributed by atoms with Crippen LogP contribution in [0, 0.1) is 11.3 Å². The molecule has 8 heteroatoms. The highest BCUT2D eigenvalue weighted by Gasteiger charge is 2.22. The van der Waals surface area contributed by atoms with Gasteiger partial charge in [0, 0.05) is 11.6 Å². The third-order valence-corrected chi connectivity index (χ3v) is 5.47. The van der Waals surface area contributed by atoms with Gasteiger partial charge in [-0.2, -0.15) is 5.26 Å². The molecule has 0 aromatic heterocycles. The predicted molar refractivity (Wildman–Crippen MR) is 94.4 cm³/mol. The maximum Gasteiger partial charge on any atom is 0.241 e. The van der Waals surface area contributed by atoms with Crippen molar-refractivity contribution in [3.8, 4) is 17.6 Å². The predicted octanol–water partition coefficient (Wildman–Crippen LogP) is 3.27. The highest BCUT2D eigenvalue weighted by atomic mass is 35.5. The topological polar surface area (TPSA) is 88.4 Å². The van der Waals surface area contributed by atoms with Crippen LogP contribution in [0.15, 0.2) is 41.3 Å². The summed E-state index contributed by atoms with van der Waals surface area (Å²) in [5, 5.41) is 9.21. The van der Waals surface area contributed by atoms with E-state index in [0.717, 1.165) is 0 Å². The molecular formula is C17H17ClN2O4S.